The molecular formula is C11H24BO6P. The average Bonchev–Trinajstić information content (AvgIpc) is 2.53. The zero-order chi connectivity index (χ0) is 14.6. The van der Waals surface area contributed by atoms with Crippen LogP contribution < -0.4 is 0 Å². The average molecular weight is 294 g/mol. The van der Waals surface area contributed by atoms with Crippen LogP contribution in [0, 0.1) is 0 Å². The van der Waals surface area contributed by atoms with Crippen molar-refractivity contribution < 1.29 is 28.0 Å². The molecule has 0 saturated carbocycles. The Bertz CT molecular complexity index is 324. The highest BCUT2D eigenvalue weighted by molar-refractivity contribution is 7.47. The molecule has 1 aliphatic rings. The molecule has 0 spiro atoms. The topological polar surface area (TPSA) is 74.2 Å². The van der Waals surface area contributed by atoms with E-state index in [2.05, 4.69) is 0 Å². The van der Waals surface area contributed by atoms with Crippen LogP contribution in [0.2, 0.25) is 0 Å². The molecule has 8 heteroatoms. The van der Waals surface area contributed by atoms with E-state index in [-0.39, 0.29) is 37.0 Å². The molecule has 1 fully saturated rings. The van der Waals surface area contributed by atoms with Gasteiger partial charge in [0.1, 0.15) is 14.0 Å². The molecule has 0 aliphatic carbocycles. The van der Waals surface area contributed by atoms with Crippen LogP contribution in [0.1, 0.15) is 34.1 Å². The maximum atomic E-state index is 11.6. The molecule has 1 heterocycles. The smallest absolute Gasteiger partial charge is 0.379 e. The van der Waals surface area contributed by atoms with E-state index in [1.165, 1.54) is 0 Å². The second kappa shape index (κ2) is 7.20. The first-order valence-corrected chi connectivity index (χ1v) is 8.16. The first-order chi connectivity index (χ1) is 8.69. The predicted molar refractivity (Wildman–Crippen MR) is 73.8 cm³/mol. The van der Waals surface area contributed by atoms with Gasteiger partial charge in [-0.25, -0.2) is 4.57 Å². The summed E-state index contributed by atoms with van der Waals surface area (Å²) >= 11 is 0. The van der Waals surface area contributed by atoms with Gasteiger partial charge in [-0.15, -0.1) is 0 Å². The normalized spacial score (nSPS) is 31.0. The van der Waals surface area contributed by atoms with Gasteiger partial charge in [0.2, 0.25) is 0 Å². The molecule has 0 aromatic rings. The van der Waals surface area contributed by atoms with Crippen molar-refractivity contribution in [1.82, 2.24) is 0 Å². The Hall–Kier alpha value is 0.0949. The van der Waals surface area contributed by atoms with E-state index in [0.29, 0.717) is 0 Å². The summed E-state index contributed by atoms with van der Waals surface area (Å²) in [7, 11) is -2.07. The summed E-state index contributed by atoms with van der Waals surface area (Å²) in [4.78, 5) is 9.49. The fraction of sp³-hybridized carbons (Fsp3) is 1.00. The molecule has 6 nitrogen and oxygen atoms in total. The van der Waals surface area contributed by atoms with Crippen molar-refractivity contribution in [2.24, 2.45) is 0 Å². The Kier molecular flexibility index (Phi) is 6.50. The lowest BCUT2D eigenvalue weighted by Gasteiger charge is -2.22. The van der Waals surface area contributed by atoms with Gasteiger partial charge in [0, 0.05) is 6.00 Å². The van der Waals surface area contributed by atoms with E-state index in [0.717, 1.165) is 6.42 Å². The number of hydrogen-bond acceptors (Lipinski definition) is 5. The standard InChI is InChI=1S/C11H24BO6P/c1-7(2)16-9-5-11(12)17-10(9)6-15-19(13,14)18-8(3)4/h7-11H,5-6,12H2,1-4H3,(H,13,14)/t9?,10-,11-/m1/s1. The van der Waals surface area contributed by atoms with E-state index in [1.54, 1.807) is 13.8 Å². The van der Waals surface area contributed by atoms with Crippen molar-refractivity contribution in [2.75, 3.05) is 6.61 Å². The lowest BCUT2D eigenvalue weighted by atomic mass is 9.96. The Morgan fingerprint density at radius 2 is 2.00 bits per heavy atom. The van der Waals surface area contributed by atoms with Gasteiger partial charge in [-0.2, -0.15) is 0 Å². The van der Waals surface area contributed by atoms with Crippen LogP contribution in [0.3, 0.4) is 0 Å². The molecule has 4 atom stereocenters. The van der Waals surface area contributed by atoms with E-state index in [1.807, 2.05) is 21.7 Å². The third-order valence-corrected chi connectivity index (χ3v) is 3.74. The number of phosphoric ester groups is 1. The minimum Gasteiger partial charge on any atom is -0.379 e. The molecule has 1 N–H and O–H groups in total. The number of phosphoric acid groups is 1. The van der Waals surface area contributed by atoms with Gasteiger partial charge < -0.3 is 14.4 Å². The predicted octanol–water partition coefficient (Wildman–Crippen LogP) is 1.07. The Morgan fingerprint density at radius 1 is 1.37 bits per heavy atom. The van der Waals surface area contributed by atoms with E-state index in [4.69, 9.17) is 18.5 Å². The van der Waals surface area contributed by atoms with E-state index >= 15 is 0 Å². The molecule has 0 aromatic carbocycles. The maximum Gasteiger partial charge on any atom is 0.472 e. The molecule has 1 saturated heterocycles. The van der Waals surface area contributed by atoms with E-state index in [9.17, 15) is 9.46 Å². The summed E-state index contributed by atoms with van der Waals surface area (Å²) < 4.78 is 32.8. The van der Waals surface area contributed by atoms with Crippen molar-refractivity contribution in [1.29, 1.82) is 0 Å². The van der Waals surface area contributed by atoms with Crippen LogP contribution in [-0.4, -0.2) is 49.8 Å². The fourth-order valence-corrected chi connectivity index (χ4v) is 2.95. The third kappa shape index (κ3) is 6.38. The first kappa shape index (κ1) is 17.1. The van der Waals surface area contributed by atoms with Gasteiger partial charge in [0.25, 0.3) is 0 Å². The molecule has 2 unspecified atom stereocenters. The summed E-state index contributed by atoms with van der Waals surface area (Å²) in [5, 5.41) is 0. The molecule has 19 heavy (non-hydrogen) atoms. The maximum absolute atomic E-state index is 11.6. The summed E-state index contributed by atoms with van der Waals surface area (Å²) in [6.07, 6.45) is 0.00590. The number of rotatable bonds is 7. The van der Waals surface area contributed by atoms with Crippen molar-refractivity contribution in [3.63, 3.8) is 0 Å². The highest BCUT2D eigenvalue weighted by Crippen LogP contribution is 2.45. The summed E-state index contributed by atoms with van der Waals surface area (Å²) in [6, 6.07) is 0.0569. The second-order valence-corrected chi connectivity index (χ2v) is 6.77. The number of hydrogen-bond donors (Lipinski definition) is 1. The van der Waals surface area contributed by atoms with Crippen LogP contribution in [-0.2, 0) is 23.1 Å². The van der Waals surface area contributed by atoms with Crippen LogP contribution in [0.15, 0.2) is 0 Å². The highest BCUT2D eigenvalue weighted by Gasteiger charge is 2.36. The lowest BCUT2D eigenvalue weighted by molar-refractivity contribution is -0.0588. The Labute approximate surface area is 115 Å². The third-order valence-electron chi connectivity index (χ3n) is 2.58. The summed E-state index contributed by atoms with van der Waals surface area (Å²) in [6.45, 7) is 7.22. The van der Waals surface area contributed by atoms with Crippen LogP contribution in [0.4, 0.5) is 0 Å². The van der Waals surface area contributed by atoms with Gasteiger partial charge in [0.15, 0.2) is 0 Å². The van der Waals surface area contributed by atoms with Gasteiger partial charge in [-0.3, -0.25) is 9.05 Å². The molecule has 0 amide bonds. The zero-order valence-corrected chi connectivity index (χ0v) is 13.1. The molecule has 0 aromatic heterocycles. The first-order valence-electron chi connectivity index (χ1n) is 6.66. The van der Waals surface area contributed by atoms with Gasteiger partial charge >= 0.3 is 7.82 Å². The summed E-state index contributed by atoms with van der Waals surface area (Å²) in [5.41, 5.74) is 0. The number of ether oxygens (including phenoxy) is 2. The van der Waals surface area contributed by atoms with Crippen molar-refractivity contribution in [3.8, 4) is 0 Å². The molecule has 1 aliphatic heterocycles. The van der Waals surface area contributed by atoms with Crippen LogP contribution in [0.5, 0.6) is 0 Å². The molecule has 1 rings (SSSR count). The van der Waals surface area contributed by atoms with Gasteiger partial charge in [-0.1, -0.05) is 0 Å². The van der Waals surface area contributed by atoms with Crippen molar-refractivity contribution >= 4 is 15.7 Å². The SMILES string of the molecule is B[C@H]1CC(OC(C)C)[C@@H](COP(=O)(O)OC(C)C)O1. The fourth-order valence-electron chi connectivity index (χ4n) is 2.02. The second-order valence-electron chi connectivity index (χ2n) is 5.36. The largest absolute Gasteiger partial charge is 0.472 e. The van der Waals surface area contributed by atoms with Gasteiger partial charge in [0.05, 0.1) is 24.9 Å². The Balaban J connectivity index is 2.48. The quantitative estimate of drug-likeness (QED) is 0.559. The van der Waals surface area contributed by atoms with Crippen molar-refractivity contribution in [3.05, 3.63) is 0 Å². The van der Waals surface area contributed by atoms with Gasteiger partial charge in [-0.05, 0) is 34.1 Å². The highest BCUT2D eigenvalue weighted by atomic mass is 31.2. The van der Waals surface area contributed by atoms with Crippen molar-refractivity contribution in [2.45, 2.75) is 64.5 Å². The minimum atomic E-state index is -4.02. The Morgan fingerprint density at radius 3 is 2.53 bits per heavy atom. The zero-order valence-electron chi connectivity index (χ0n) is 12.2. The molecule has 112 valence electrons. The molecular weight excluding hydrogens is 270 g/mol. The summed E-state index contributed by atoms with van der Waals surface area (Å²) in [5.74, 6) is 0. The van der Waals surface area contributed by atoms with E-state index < -0.39 is 7.82 Å². The molecule has 0 bridgehead atoms. The molecule has 0 radical (unpaired) electrons. The van der Waals surface area contributed by atoms with Crippen LogP contribution in [0.25, 0.3) is 0 Å². The lowest BCUT2D eigenvalue weighted by Crippen LogP contribution is -2.31. The monoisotopic (exact) mass is 294 g/mol. The van der Waals surface area contributed by atoms with Crippen LogP contribution >= 0.6 is 7.82 Å². The minimum absolute atomic E-state index is 0.0117.